The van der Waals surface area contributed by atoms with E-state index in [4.69, 9.17) is 14.6 Å². The van der Waals surface area contributed by atoms with Crippen LogP contribution in [0.5, 0.6) is 5.75 Å². The number of nitrogens with zero attached hydrogens (tertiary/aromatic N) is 2. The number of alkyl halides is 3. The Kier molecular flexibility index (Phi) is 9.35. The summed E-state index contributed by atoms with van der Waals surface area (Å²) in [5.41, 5.74) is 1.03. The van der Waals surface area contributed by atoms with E-state index in [2.05, 4.69) is 47.2 Å². The van der Waals surface area contributed by atoms with Crippen molar-refractivity contribution in [2.75, 3.05) is 19.6 Å². The molecule has 36 heavy (non-hydrogen) atoms. The van der Waals surface area contributed by atoms with E-state index in [1.54, 1.807) is 11.3 Å². The summed E-state index contributed by atoms with van der Waals surface area (Å²) < 4.78 is 38.3. The van der Waals surface area contributed by atoms with Gasteiger partial charge in [-0.25, -0.2) is 9.78 Å². The summed E-state index contributed by atoms with van der Waals surface area (Å²) in [6.45, 7) is 7.92. The number of para-hydroxylation sites is 1. The van der Waals surface area contributed by atoms with E-state index in [0.717, 1.165) is 51.2 Å². The monoisotopic (exact) mass is 527 g/mol. The molecule has 3 heterocycles. The standard InChI is InChI=1S/C23H31N3O2S.C2HF3O2/c1-17(2)15-25-21(27)13-18-14-23(28-20-6-4-3-5-19(18)20)7-10-26(11-8-23)16-22-24-9-12-29-22;3-2(4,5)1(6)7/h3-6,9,12,17-18H,7-8,10-11,13-16H2,1-2H3,(H,25,27);(H,6,7). The van der Waals surface area contributed by atoms with Gasteiger partial charge in [0.05, 0.1) is 6.54 Å². The minimum absolute atomic E-state index is 0.150. The van der Waals surface area contributed by atoms with Crippen molar-refractivity contribution < 1.29 is 32.6 Å². The second-order valence-electron chi connectivity index (χ2n) is 9.63. The van der Waals surface area contributed by atoms with Crippen molar-refractivity contribution in [1.29, 1.82) is 0 Å². The smallest absolute Gasteiger partial charge is 0.487 e. The maximum atomic E-state index is 12.6. The summed E-state index contributed by atoms with van der Waals surface area (Å²) in [5, 5.41) is 13.4. The van der Waals surface area contributed by atoms with E-state index in [0.29, 0.717) is 12.3 Å². The highest BCUT2D eigenvalue weighted by Gasteiger charge is 2.43. The molecule has 1 aromatic carbocycles. The summed E-state index contributed by atoms with van der Waals surface area (Å²) in [6.07, 6.45) is 0.247. The SMILES string of the molecule is CC(C)CNC(=O)CC1CC2(CCN(Cc3nccs3)CC2)Oc2ccccc21.O=C(O)C(F)(F)F. The quantitative estimate of drug-likeness (QED) is 0.559. The predicted molar refractivity (Wildman–Crippen MR) is 130 cm³/mol. The largest absolute Gasteiger partial charge is 0.490 e. The van der Waals surface area contributed by atoms with E-state index in [1.807, 2.05) is 17.6 Å². The number of hydrogen-bond donors (Lipinski definition) is 2. The first kappa shape index (κ1) is 27.9. The predicted octanol–water partition coefficient (Wildman–Crippen LogP) is 4.84. The van der Waals surface area contributed by atoms with E-state index in [1.165, 1.54) is 10.6 Å². The lowest BCUT2D eigenvalue weighted by Gasteiger charge is -2.46. The molecule has 0 bridgehead atoms. The maximum absolute atomic E-state index is 12.6. The third kappa shape index (κ3) is 7.92. The fourth-order valence-electron chi connectivity index (χ4n) is 4.49. The summed E-state index contributed by atoms with van der Waals surface area (Å²) in [6, 6.07) is 8.28. The van der Waals surface area contributed by atoms with Gasteiger partial charge in [0.2, 0.25) is 5.91 Å². The number of likely N-dealkylation sites (tertiary alicyclic amines) is 1. The number of aliphatic carboxylic acids is 1. The minimum atomic E-state index is -5.08. The van der Waals surface area contributed by atoms with Crippen molar-refractivity contribution in [3.63, 3.8) is 0 Å². The van der Waals surface area contributed by atoms with Gasteiger partial charge in [-0.15, -0.1) is 11.3 Å². The number of halogens is 3. The van der Waals surface area contributed by atoms with Crippen LogP contribution in [-0.4, -0.2) is 58.3 Å². The van der Waals surface area contributed by atoms with Gasteiger partial charge in [-0.2, -0.15) is 13.2 Å². The number of aromatic nitrogens is 1. The number of ether oxygens (including phenoxy) is 1. The molecule has 2 aromatic rings. The van der Waals surface area contributed by atoms with Crippen molar-refractivity contribution in [2.45, 2.75) is 63.8 Å². The molecule has 1 amide bonds. The van der Waals surface area contributed by atoms with Crippen LogP contribution in [0.15, 0.2) is 35.8 Å². The second-order valence-corrected chi connectivity index (χ2v) is 10.6. The fraction of sp³-hybridized carbons (Fsp3) is 0.560. The van der Waals surface area contributed by atoms with Crippen LogP contribution >= 0.6 is 11.3 Å². The van der Waals surface area contributed by atoms with Crippen molar-refractivity contribution in [2.24, 2.45) is 5.92 Å². The van der Waals surface area contributed by atoms with Crippen LogP contribution in [0.1, 0.15) is 56.0 Å². The Bertz CT molecular complexity index is 1010. The minimum Gasteiger partial charge on any atom is -0.487 e. The molecular weight excluding hydrogens is 495 g/mol. The number of carbonyl (C=O) groups excluding carboxylic acids is 1. The highest BCUT2D eigenvalue weighted by atomic mass is 32.1. The molecule has 1 unspecified atom stereocenters. The number of carbonyl (C=O) groups is 2. The normalized spacial score (nSPS) is 19.1. The van der Waals surface area contributed by atoms with Gasteiger partial charge >= 0.3 is 12.1 Å². The van der Waals surface area contributed by atoms with Crippen LogP contribution in [0.25, 0.3) is 0 Å². The van der Waals surface area contributed by atoms with Crippen LogP contribution in [-0.2, 0) is 16.1 Å². The van der Waals surface area contributed by atoms with Crippen molar-refractivity contribution in [3.8, 4) is 5.75 Å². The Labute approximate surface area is 212 Å². The Hall–Kier alpha value is -2.66. The van der Waals surface area contributed by atoms with E-state index in [9.17, 15) is 18.0 Å². The molecule has 1 atom stereocenters. The first-order chi connectivity index (χ1) is 17.0. The van der Waals surface area contributed by atoms with Crippen LogP contribution in [0.2, 0.25) is 0 Å². The third-order valence-electron chi connectivity index (χ3n) is 6.30. The number of rotatable bonds is 6. The Morgan fingerprint density at radius 1 is 1.28 bits per heavy atom. The number of hydrogen-bond acceptors (Lipinski definition) is 6. The highest BCUT2D eigenvalue weighted by molar-refractivity contribution is 7.09. The molecule has 7 nitrogen and oxygen atoms in total. The van der Waals surface area contributed by atoms with E-state index in [-0.39, 0.29) is 17.4 Å². The number of nitrogens with one attached hydrogen (secondary N) is 1. The summed E-state index contributed by atoms with van der Waals surface area (Å²) in [7, 11) is 0. The maximum Gasteiger partial charge on any atom is 0.490 e. The molecule has 1 spiro atoms. The zero-order valence-corrected chi connectivity index (χ0v) is 21.2. The van der Waals surface area contributed by atoms with Crippen LogP contribution in [0, 0.1) is 5.92 Å². The van der Waals surface area contributed by atoms with Gasteiger partial charge in [-0.3, -0.25) is 9.69 Å². The number of amides is 1. The average Bonchev–Trinajstić information content (AvgIpc) is 3.32. The Morgan fingerprint density at radius 3 is 2.53 bits per heavy atom. The van der Waals surface area contributed by atoms with Crippen LogP contribution in [0.4, 0.5) is 13.2 Å². The Balaban J connectivity index is 0.000000454. The molecule has 2 aliphatic rings. The van der Waals surface area contributed by atoms with E-state index < -0.39 is 12.1 Å². The van der Waals surface area contributed by atoms with Gasteiger partial charge in [0, 0.05) is 43.5 Å². The number of benzene rings is 1. The molecule has 1 aromatic heterocycles. The first-order valence-electron chi connectivity index (χ1n) is 11.9. The summed E-state index contributed by atoms with van der Waals surface area (Å²) in [4.78, 5) is 28.3. The molecule has 2 N–H and O–H groups in total. The average molecular weight is 528 g/mol. The molecule has 4 rings (SSSR count). The number of carboxylic acids is 1. The van der Waals surface area contributed by atoms with Gasteiger partial charge in [0.1, 0.15) is 16.4 Å². The molecule has 0 radical (unpaired) electrons. The fourth-order valence-corrected chi connectivity index (χ4v) is 5.15. The van der Waals surface area contributed by atoms with Crippen molar-refractivity contribution in [3.05, 3.63) is 46.4 Å². The topological polar surface area (TPSA) is 91.8 Å². The number of fused-ring (bicyclic) bond motifs is 1. The third-order valence-corrected chi connectivity index (χ3v) is 7.06. The Morgan fingerprint density at radius 2 is 1.94 bits per heavy atom. The first-order valence-corrected chi connectivity index (χ1v) is 12.8. The number of piperidine rings is 1. The molecule has 198 valence electrons. The lowest BCUT2D eigenvalue weighted by Crippen LogP contribution is -2.50. The van der Waals surface area contributed by atoms with Crippen molar-refractivity contribution in [1.82, 2.24) is 15.2 Å². The molecule has 1 fully saturated rings. The zero-order valence-electron chi connectivity index (χ0n) is 20.4. The summed E-state index contributed by atoms with van der Waals surface area (Å²) in [5.74, 6) is -0.954. The number of thiazole rings is 1. The number of carboxylic acid groups (broad SMARTS) is 1. The van der Waals surface area contributed by atoms with Crippen LogP contribution in [0.3, 0.4) is 0 Å². The zero-order chi connectivity index (χ0) is 26.3. The van der Waals surface area contributed by atoms with Crippen LogP contribution < -0.4 is 10.1 Å². The lowest BCUT2D eigenvalue weighted by atomic mass is 9.76. The van der Waals surface area contributed by atoms with Gasteiger partial charge in [0.15, 0.2) is 0 Å². The molecular formula is C25H32F3N3O4S. The highest BCUT2D eigenvalue weighted by Crippen LogP contribution is 2.46. The second kappa shape index (κ2) is 12.1. The van der Waals surface area contributed by atoms with Gasteiger partial charge < -0.3 is 15.2 Å². The molecule has 0 aliphatic carbocycles. The van der Waals surface area contributed by atoms with Crippen molar-refractivity contribution >= 4 is 23.2 Å². The molecule has 2 aliphatic heterocycles. The summed E-state index contributed by atoms with van der Waals surface area (Å²) >= 11 is 1.72. The molecule has 11 heteroatoms. The lowest BCUT2D eigenvalue weighted by molar-refractivity contribution is -0.192. The molecule has 0 saturated carbocycles. The van der Waals surface area contributed by atoms with Gasteiger partial charge in [0.25, 0.3) is 0 Å². The van der Waals surface area contributed by atoms with E-state index >= 15 is 0 Å². The molecule has 1 saturated heterocycles. The van der Waals surface area contributed by atoms with Gasteiger partial charge in [-0.1, -0.05) is 32.0 Å². The van der Waals surface area contributed by atoms with Gasteiger partial charge in [-0.05, 0) is 36.8 Å².